The maximum atomic E-state index is 14.8. The van der Waals surface area contributed by atoms with Gasteiger partial charge in [0.15, 0.2) is 0 Å². The van der Waals surface area contributed by atoms with Crippen LogP contribution in [0.4, 0.5) is 0 Å². The van der Waals surface area contributed by atoms with Crippen molar-refractivity contribution in [1.82, 2.24) is 15.1 Å². The highest BCUT2D eigenvalue weighted by Gasteiger charge is 2.74. The molecule has 2 N–H and O–H groups in total. The number of carbonyl (C=O) groups is 4. The third-order valence-corrected chi connectivity index (χ3v) is 9.65. The Labute approximate surface area is 279 Å². The molecule has 0 radical (unpaired) electrons. The van der Waals surface area contributed by atoms with E-state index in [0.29, 0.717) is 38.6 Å². The fourth-order valence-electron chi connectivity index (χ4n) is 8.16. The lowest BCUT2D eigenvalue weighted by molar-refractivity contribution is -0.153. The molecule has 47 heavy (non-hydrogen) atoms. The molecule has 1 aromatic rings. The van der Waals surface area contributed by atoms with Crippen LogP contribution in [0.2, 0.25) is 0 Å². The van der Waals surface area contributed by atoms with Crippen LogP contribution in [0, 0.1) is 17.3 Å². The van der Waals surface area contributed by atoms with Crippen molar-refractivity contribution in [3.63, 3.8) is 0 Å². The van der Waals surface area contributed by atoms with Crippen LogP contribution in [-0.2, 0) is 28.7 Å². The summed E-state index contributed by atoms with van der Waals surface area (Å²) in [6, 6.07) is 7.66. The van der Waals surface area contributed by atoms with E-state index in [1.165, 1.54) is 0 Å². The highest BCUT2D eigenvalue weighted by molar-refractivity contribution is 5.99. The van der Waals surface area contributed by atoms with Crippen LogP contribution >= 0.6 is 0 Å². The Morgan fingerprint density at radius 1 is 1.17 bits per heavy atom. The predicted molar refractivity (Wildman–Crippen MR) is 179 cm³/mol. The Balaban J connectivity index is 1.66. The number of benzene rings is 1. The molecular formula is C37H53N3O7. The number of carbonyl (C=O) groups excluding carboxylic acids is 4. The van der Waals surface area contributed by atoms with Gasteiger partial charge in [0.1, 0.15) is 18.2 Å². The molecule has 1 spiro atoms. The summed E-state index contributed by atoms with van der Waals surface area (Å²) in [5, 5.41) is 12.8. The minimum Gasteiger partial charge on any atom is -0.463 e. The Hall–Kier alpha value is -3.50. The number of nitrogens with zero attached hydrogens (tertiary/aromatic N) is 2. The van der Waals surface area contributed by atoms with Gasteiger partial charge in [0, 0.05) is 31.7 Å². The number of hydrogen-bond acceptors (Lipinski definition) is 7. The molecule has 0 aromatic heterocycles. The second kappa shape index (κ2) is 14.7. The summed E-state index contributed by atoms with van der Waals surface area (Å²) >= 11 is 0. The number of aliphatic hydroxyl groups excluding tert-OH is 1. The molecule has 3 saturated heterocycles. The average Bonchev–Trinajstić information content (AvgIpc) is 3.65. The Kier molecular flexibility index (Phi) is 11.4. The second-order valence-corrected chi connectivity index (χ2v) is 14.9. The van der Waals surface area contributed by atoms with Gasteiger partial charge >= 0.3 is 5.97 Å². The Morgan fingerprint density at radius 3 is 2.49 bits per heavy atom. The fourth-order valence-corrected chi connectivity index (χ4v) is 8.16. The SMILES string of the molecule is C=CCCC(=O)OC[C@@H](NC(=O)[C@@H]1[C@@H]2CC[C@]3(O2)[C@H](C(=O)N(CC=C)C(C)(C)CC(C)(C)C)N(CCCO)C(=O)[C@@H]13)c1ccccc1. The normalized spacial score (nSPS) is 25.7. The van der Waals surface area contributed by atoms with Crippen LogP contribution in [0.25, 0.3) is 0 Å². The summed E-state index contributed by atoms with van der Waals surface area (Å²) < 4.78 is 12.2. The predicted octanol–water partition coefficient (Wildman–Crippen LogP) is 4.34. The standard InChI is InChI=1S/C37H53N3O7/c1-8-10-17-28(42)46-23-26(25-15-12-11-13-16-25)38-32(43)29-27-18-19-37(47-27)30(29)33(44)39(21-14-22-41)31(37)34(45)40(20-9-2)36(6,7)24-35(3,4)5/h8-9,11-13,15-16,26-27,29-31,41H,1-2,10,14,17-24H2,3-7H3,(H,38,43)/t26-,27+,29-,30-,31+,37-/m1/s1. The van der Waals surface area contributed by atoms with Crippen molar-refractivity contribution in [2.45, 2.75) is 102 Å². The Bertz CT molecular complexity index is 1320. The number of hydrogen-bond donors (Lipinski definition) is 2. The zero-order valence-corrected chi connectivity index (χ0v) is 28.7. The van der Waals surface area contributed by atoms with Crippen LogP contribution in [0.15, 0.2) is 55.6 Å². The van der Waals surface area contributed by atoms with Gasteiger partial charge in [-0.1, -0.05) is 63.3 Å². The largest absolute Gasteiger partial charge is 0.463 e. The van der Waals surface area contributed by atoms with E-state index in [4.69, 9.17) is 9.47 Å². The third-order valence-electron chi connectivity index (χ3n) is 9.65. The van der Waals surface area contributed by atoms with Gasteiger partial charge in [-0.25, -0.2) is 0 Å². The van der Waals surface area contributed by atoms with Crippen molar-refractivity contribution in [2.24, 2.45) is 17.3 Å². The van der Waals surface area contributed by atoms with Crippen LogP contribution in [0.5, 0.6) is 0 Å². The molecule has 3 amide bonds. The van der Waals surface area contributed by atoms with Gasteiger partial charge < -0.3 is 29.7 Å². The molecule has 1 aromatic carbocycles. The zero-order valence-electron chi connectivity index (χ0n) is 28.7. The summed E-state index contributed by atoms with van der Waals surface area (Å²) in [6.07, 6.45) is 5.46. The lowest BCUT2D eigenvalue weighted by atomic mass is 9.70. The van der Waals surface area contributed by atoms with Crippen molar-refractivity contribution in [3.8, 4) is 0 Å². The molecule has 10 nitrogen and oxygen atoms in total. The van der Waals surface area contributed by atoms with E-state index in [1.807, 2.05) is 44.2 Å². The molecule has 3 aliphatic heterocycles. The molecule has 10 heteroatoms. The van der Waals surface area contributed by atoms with Gasteiger partial charge in [-0.2, -0.15) is 0 Å². The number of esters is 1. The van der Waals surface area contributed by atoms with E-state index in [2.05, 4.69) is 39.2 Å². The number of fused-ring (bicyclic) bond motifs is 1. The van der Waals surface area contributed by atoms with Crippen molar-refractivity contribution in [2.75, 3.05) is 26.3 Å². The number of nitrogens with one attached hydrogen (secondary N) is 1. The first-order chi connectivity index (χ1) is 22.2. The van der Waals surface area contributed by atoms with Crippen LogP contribution in [0.3, 0.4) is 0 Å². The van der Waals surface area contributed by atoms with E-state index in [0.717, 1.165) is 5.56 Å². The molecular weight excluding hydrogens is 598 g/mol. The summed E-state index contributed by atoms with van der Waals surface area (Å²) in [6.45, 7) is 18.2. The van der Waals surface area contributed by atoms with E-state index < -0.39 is 47.1 Å². The zero-order chi connectivity index (χ0) is 34.6. The molecule has 4 rings (SSSR count). The van der Waals surface area contributed by atoms with Crippen molar-refractivity contribution in [1.29, 1.82) is 0 Å². The number of ether oxygens (including phenoxy) is 2. The molecule has 6 atom stereocenters. The first-order valence-electron chi connectivity index (χ1n) is 16.8. The quantitative estimate of drug-likeness (QED) is 0.201. The smallest absolute Gasteiger partial charge is 0.306 e. The monoisotopic (exact) mass is 651 g/mol. The molecule has 3 fully saturated rings. The van der Waals surface area contributed by atoms with Crippen molar-refractivity contribution >= 4 is 23.7 Å². The lowest BCUT2D eigenvalue weighted by Gasteiger charge is -2.45. The van der Waals surface area contributed by atoms with Gasteiger partial charge in [-0.3, -0.25) is 19.2 Å². The van der Waals surface area contributed by atoms with Gasteiger partial charge in [0.05, 0.1) is 24.0 Å². The topological polar surface area (TPSA) is 125 Å². The highest BCUT2D eigenvalue weighted by atomic mass is 16.5. The molecule has 3 aliphatic rings. The molecule has 0 unspecified atom stereocenters. The summed E-state index contributed by atoms with van der Waals surface area (Å²) in [7, 11) is 0. The minimum atomic E-state index is -1.17. The van der Waals surface area contributed by atoms with Gasteiger partial charge in [-0.05, 0) is 56.9 Å². The van der Waals surface area contributed by atoms with Crippen molar-refractivity contribution < 1.29 is 33.8 Å². The molecule has 0 aliphatic carbocycles. The van der Waals surface area contributed by atoms with Gasteiger partial charge in [0.25, 0.3) is 0 Å². The number of aliphatic hydroxyl groups is 1. The van der Waals surface area contributed by atoms with Crippen LogP contribution < -0.4 is 5.32 Å². The minimum absolute atomic E-state index is 0.0726. The number of rotatable bonds is 16. The maximum Gasteiger partial charge on any atom is 0.306 e. The van der Waals surface area contributed by atoms with Crippen molar-refractivity contribution in [3.05, 3.63) is 61.2 Å². The van der Waals surface area contributed by atoms with Gasteiger partial charge in [0.2, 0.25) is 17.7 Å². The maximum absolute atomic E-state index is 14.8. The Morgan fingerprint density at radius 2 is 1.87 bits per heavy atom. The first kappa shape index (κ1) is 36.3. The van der Waals surface area contributed by atoms with E-state index in [1.54, 1.807) is 22.0 Å². The first-order valence-corrected chi connectivity index (χ1v) is 16.8. The second-order valence-electron chi connectivity index (χ2n) is 14.9. The molecule has 3 heterocycles. The summed E-state index contributed by atoms with van der Waals surface area (Å²) in [4.78, 5) is 59.0. The van der Waals surface area contributed by atoms with Crippen LogP contribution in [-0.4, -0.2) is 88.2 Å². The lowest BCUT2D eigenvalue weighted by Crippen LogP contribution is -2.61. The molecule has 0 saturated carbocycles. The van der Waals surface area contributed by atoms with Crippen LogP contribution in [0.1, 0.15) is 84.7 Å². The number of likely N-dealkylation sites (tertiary alicyclic amines) is 1. The molecule has 258 valence electrons. The fraction of sp³-hybridized carbons (Fsp3) is 0.622. The summed E-state index contributed by atoms with van der Waals surface area (Å²) in [5.41, 5.74) is -1.06. The molecule has 2 bridgehead atoms. The third kappa shape index (κ3) is 7.64. The highest BCUT2D eigenvalue weighted by Crippen LogP contribution is 2.59. The number of amides is 3. The van der Waals surface area contributed by atoms with E-state index >= 15 is 0 Å². The number of allylic oxidation sites excluding steroid dienone is 1. The average molecular weight is 652 g/mol. The van der Waals surface area contributed by atoms with Gasteiger partial charge in [-0.15, -0.1) is 13.2 Å². The summed E-state index contributed by atoms with van der Waals surface area (Å²) in [5.74, 6) is -3.01. The van der Waals surface area contributed by atoms with E-state index in [-0.39, 0.29) is 49.3 Å². The van der Waals surface area contributed by atoms with E-state index in [9.17, 15) is 24.3 Å².